The maximum absolute atomic E-state index is 12.0. The van der Waals surface area contributed by atoms with Crippen molar-refractivity contribution in [1.29, 1.82) is 0 Å². The van der Waals surface area contributed by atoms with E-state index in [4.69, 9.17) is 4.74 Å². The molecule has 1 aliphatic heterocycles. The molecule has 4 heteroatoms. The Kier molecular flexibility index (Phi) is 3.32. The van der Waals surface area contributed by atoms with Crippen molar-refractivity contribution in [2.75, 3.05) is 13.2 Å². The zero-order valence-electron chi connectivity index (χ0n) is 10.9. The highest BCUT2D eigenvalue weighted by Gasteiger charge is 2.47. The van der Waals surface area contributed by atoms with Crippen LogP contribution < -0.4 is 5.32 Å². The van der Waals surface area contributed by atoms with E-state index in [0.717, 1.165) is 12.3 Å². The van der Waals surface area contributed by atoms with Crippen LogP contribution in [0.3, 0.4) is 0 Å². The number of hydrogen-bond donors (Lipinski definition) is 2. The average molecular weight is 253 g/mol. The summed E-state index contributed by atoms with van der Waals surface area (Å²) < 4.78 is 5.12. The molecule has 2 saturated carbocycles. The van der Waals surface area contributed by atoms with Crippen molar-refractivity contribution in [2.45, 2.75) is 56.6 Å². The molecule has 1 heterocycles. The highest BCUT2D eigenvalue weighted by Crippen LogP contribution is 2.44. The van der Waals surface area contributed by atoms with Gasteiger partial charge in [0.15, 0.2) is 5.60 Å². The average Bonchev–Trinajstić information content (AvgIpc) is 3.01. The van der Waals surface area contributed by atoms with E-state index in [1.165, 1.54) is 32.1 Å². The lowest BCUT2D eigenvalue weighted by molar-refractivity contribution is -0.139. The molecule has 102 valence electrons. The van der Waals surface area contributed by atoms with Gasteiger partial charge in [0.2, 0.25) is 0 Å². The van der Waals surface area contributed by atoms with Crippen LogP contribution in [0.1, 0.15) is 44.9 Å². The van der Waals surface area contributed by atoms with Gasteiger partial charge in [-0.1, -0.05) is 32.1 Å². The van der Waals surface area contributed by atoms with Crippen LogP contribution in [0.25, 0.3) is 0 Å². The third-order valence-corrected chi connectivity index (χ3v) is 4.84. The largest absolute Gasteiger partial charge is 0.378 e. The first kappa shape index (κ1) is 12.4. The minimum absolute atomic E-state index is 0.152. The van der Waals surface area contributed by atoms with Gasteiger partial charge in [-0.25, -0.2) is 0 Å². The molecule has 3 atom stereocenters. The summed E-state index contributed by atoms with van der Waals surface area (Å²) in [6.07, 6.45) is 8.25. The Bertz CT molecular complexity index is 319. The second kappa shape index (κ2) is 4.82. The molecule has 0 radical (unpaired) electrons. The second-order valence-electron chi connectivity index (χ2n) is 6.21. The Morgan fingerprint density at radius 1 is 1.28 bits per heavy atom. The highest BCUT2D eigenvalue weighted by molar-refractivity contribution is 5.85. The molecule has 18 heavy (non-hydrogen) atoms. The normalized spacial score (nSPS) is 40.7. The predicted octanol–water partition coefficient (Wildman–Crippen LogP) is 1.22. The maximum Gasteiger partial charge on any atom is 0.254 e. The summed E-state index contributed by atoms with van der Waals surface area (Å²) in [5.41, 5.74) is -1.26. The van der Waals surface area contributed by atoms with Crippen molar-refractivity contribution in [2.24, 2.45) is 11.8 Å². The standard InChI is InChI=1S/C14H23NO3/c16-13(14(17)6-7-18-9-14)15-12-8-11(12)10-4-2-1-3-5-10/h10-12,17H,1-9H2,(H,15,16)/t11-,12+,14?/m0/s1. The van der Waals surface area contributed by atoms with Crippen LogP contribution in [0.5, 0.6) is 0 Å². The molecule has 1 saturated heterocycles. The molecular weight excluding hydrogens is 230 g/mol. The first-order valence-electron chi connectivity index (χ1n) is 7.30. The van der Waals surface area contributed by atoms with Gasteiger partial charge < -0.3 is 15.2 Å². The molecule has 3 rings (SSSR count). The van der Waals surface area contributed by atoms with Gasteiger partial charge in [-0.3, -0.25) is 4.79 Å². The molecule has 0 aromatic heterocycles. The fourth-order valence-electron chi connectivity index (χ4n) is 3.50. The van der Waals surface area contributed by atoms with E-state index in [-0.39, 0.29) is 12.5 Å². The van der Waals surface area contributed by atoms with E-state index in [1.54, 1.807) is 0 Å². The van der Waals surface area contributed by atoms with E-state index in [2.05, 4.69) is 5.32 Å². The van der Waals surface area contributed by atoms with Crippen molar-refractivity contribution >= 4 is 5.91 Å². The smallest absolute Gasteiger partial charge is 0.254 e. The van der Waals surface area contributed by atoms with Crippen LogP contribution in [-0.4, -0.2) is 35.9 Å². The van der Waals surface area contributed by atoms with Crippen molar-refractivity contribution in [1.82, 2.24) is 5.32 Å². The van der Waals surface area contributed by atoms with Gasteiger partial charge >= 0.3 is 0 Å². The summed E-state index contributed by atoms with van der Waals surface area (Å²) in [4.78, 5) is 12.0. The predicted molar refractivity (Wildman–Crippen MR) is 67.0 cm³/mol. The third kappa shape index (κ3) is 2.41. The van der Waals surface area contributed by atoms with Crippen molar-refractivity contribution < 1.29 is 14.6 Å². The van der Waals surface area contributed by atoms with Gasteiger partial charge in [0.1, 0.15) is 0 Å². The molecular formula is C14H23NO3. The molecule has 0 aromatic carbocycles. The van der Waals surface area contributed by atoms with Gasteiger partial charge in [-0.15, -0.1) is 0 Å². The fourth-order valence-corrected chi connectivity index (χ4v) is 3.50. The van der Waals surface area contributed by atoms with Gasteiger partial charge in [0.05, 0.1) is 13.2 Å². The van der Waals surface area contributed by atoms with Crippen molar-refractivity contribution in [3.05, 3.63) is 0 Å². The molecule has 0 aromatic rings. The summed E-state index contributed by atoms with van der Waals surface area (Å²) in [5.74, 6) is 1.25. The first-order chi connectivity index (χ1) is 8.69. The minimum Gasteiger partial charge on any atom is -0.378 e. The van der Waals surface area contributed by atoms with Crippen LogP contribution >= 0.6 is 0 Å². The fraction of sp³-hybridized carbons (Fsp3) is 0.929. The van der Waals surface area contributed by atoms with Crippen LogP contribution in [0.4, 0.5) is 0 Å². The summed E-state index contributed by atoms with van der Waals surface area (Å²) in [5, 5.41) is 13.1. The number of rotatable bonds is 3. The van der Waals surface area contributed by atoms with Crippen LogP contribution in [0.15, 0.2) is 0 Å². The number of carbonyl (C=O) groups is 1. The van der Waals surface area contributed by atoms with Crippen molar-refractivity contribution in [3.8, 4) is 0 Å². The topological polar surface area (TPSA) is 58.6 Å². The lowest BCUT2D eigenvalue weighted by atomic mass is 9.85. The van der Waals surface area contributed by atoms with E-state index in [0.29, 0.717) is 25.0 Å². The molecule has 1 amide bonds. The zero-order chi connectivity index (χ0) is 12.6. The zero-order valence-corrected chi connectivity index (χ0v) is 10.9. The Balaban J connectivity index is 1.48. The first-order valence-corrected chi connectivity index (χ1v) is 7.30. The van der Waals surface area contributed by atoms with E-state index >= 15 is 0 Å². The lowest BCUT2D eigenvalue weighted by Gasteiger charge is -2.23. The van der Waals surface area contributed by atoms with E-state index in [9.17, 15) is 9.90 Å². The van der Waals surface area contributed by atoms with Crippen LogP contribution in [0, 0.1) is 11.8 Å². The highest BCUT2D eigenvalue weighted by atomic mass is 16.5. The number of carbonyl (C=O) groups excluding carboxylic acids is 1. The monoisotopic (exact) mass is 253 g/mol. The van der Waals surface area contributed by atoms with Gasteiger partial charge in [0.25, 0.3) is 5.91 Å². The van der Waals surface area contributed by atoms with Crippen molar-refractivity contribution in [3.63, 3.8) is 0 Å². The number of nitrogens with one attached hydrogen (secondary N) is 1. The van der Waals surface area contributed by atoms with Gasteiger partial charge in [-0.2, -0.15) is 0 Å². The van der Waals surface area contributed by atoms with Crippen LogP contribution in [-0.2, 0) is 9.53 Å². The molecule has 3 aliphatic rings. The summed E-state index contributed by atoms with van der Waals surface area (Å²) in [6, 6.07) is 0.310. The summed E-state index contributed by atoms with van der Waals surface area (Å²) in [6.45, 7) is 0.639. The minimum atomic E-state index is -1.26. The Hall–Kier alpha value is -0.610. The summed E-state index contributed by atoms with van der Waals surface area (Å²) >= 11 is 0. The molecule has 0 bridgehead atoms. The second-order valence-corrected chi connectivity index (χ2v) is 6.21. The Labute approximate surface area is 108 Å². The number of hydrogen-bond acceptors (Lipinski definition) is 3. The Morgan fingerprint density at radius 2 is 2.06 bits per heavy atom. The molecule has 3 fully saturated rings. The van der Waals surface area contributed by atoms with Gasteiger partial charge in [-0.05, 0) is 18.3 Å². The van der Waals surface area contributed by atoms with Gasteiger partial charge in [0, 0.05) is 12.5 Å². The third-order valence-electron chi connectivity index (χ3n) is 4.84. The molecule has 1 unspecified atom stereocenters. The molecule has 2 N–H and O–H groups in total. The number of amides is 1. The molecule has 0 spiro atoms. The number of ether oxygens (including phenoxy) is 1. The van der Waals surface area contributed by atoms with Crippen LogP contribution in [0.2, 0.25) is 0 Å². The van der Waals surface area contributed by atoms with E-state index in [1.807, 2.05) is 0 Å². The number of aliphatic hydroxyl groups is 1. The SMILES string of the molecule is O=C(N[C@@H]1C[C@H]1C1CCCCC1)C1(O)CCOC1. The molecule has 2 aliphatic carbocycles. The lowest BCUT2D eigenvalue weighted by Crippen LogP contribution is -2.48. The maximum atomic E-state index is 12.0. The Morgan fingerprint density at radius 3 is 2.72 bits per heavy atom. The molecule has 4 nitrogen and oxygen atoms in total. The van der Waals surface area contributed by atoms with E-state index < -0.39 is 5.60 Å². The summed E-state index contributed by atoms with van der Waals surface area (Å²) in [7, 11) is 0. The quantitative estimate of drug-likeness (QED) is 0.795.